The van der Waals surface area contributed by atoms with E-state index in [1.165, 1.54) is 17.8 Å². The van der Waals surface area contributed by atoms with Crippen molar-refractivity contribution in [3.63, 3.8) is 0 Å². The van der Waals surface area contributed by atoms with E-state index in [2.05, 4.69) is 21.2 Å². The molecule has 0 aliphatic rings. The zero-order valence-corrected chi connectivity index (χ0v) is 16.9. The number of pyridine rings is 1. The van der Waals surface area contributed by atoms with Crippen molar-refractivity contribution in [2.45, 2.75) is 24.6 Å². The van der Waals surface area contributed by atoms with Gasteiger partial charge in [-0.3, -0.25) is 0 Å². The number of nitrogens with zero attached hydrogens (tertiary/aromatic N) is 4. The maximum atomic E-state index is 12.0. The Balaban J connectivity index is 1.74. The second-order valence-electron chi connectivity index (χ2n) is 5.84. The number of thioether (sulfide) groups is 1. The van der Waals surface area contributed by atoms with Gasteiger partial charge in [0, 0.05) is 5.56 Å². The van der Waals surface area contributed by atoms with Gasteiger partial charge in [0.15, 0.2) is 0 Å². The summed E-state index contributed by atoms with van der Waals surface area (Å²) in [6.07, 6.45) is 0. The van der Waals surface area contributed by atoms with Crippen LogP contribution in [0.15, 0.2) is 39.9 Å². The SMILES string of the molecule is CCOC(=O)c1cc(C#N)c(SCc2nc(-c3ccc(OC)cc3)no2)nc1C. The fraction of sp³-hybridized carbons (Fsp3) is 0.250. The van der Waals surface area contributed by atoms with Crippen LogP contribution in [0.5, 0.6) is 5.75 Å². The lowest BCUT2D eigenvalue weighted by Crippen LogP contribution is -2.09. The van der Waals surface area contributed by atoms with Crippen LogP contribution in [0.25, 0.3) is 11.4 Å². The average Bonchev–Trinajstić information content (AvgIpc) is 3.21. The van der Waals surface area contributed by atoms with E-state index in [0.29, 0.717) is 33.8 Å². The number of hydrogen-bond donors (Lipinski definition) is 0. The molecule has 0 unspecified atom stereocenters. The molecule has 2 heterocycles. The molecule has 0 aliphatic heterocycles. The van der Waals surface area contributed by atoms with Crippen LogP contribution in [0.1, 0.15) is 34.4 Å². The normalized spacial score (nSPS) is 10.4. The van der Waals surface area contributed by atoms with Crippen molar-refractivity contribution in [2.75, 3.05) is 13.7 Å². The fourth-order valence-corrected chi connectivity index (χ4v) is 3.33. The third-order valence-corrected chi connectivity index (χ3v) is 4.92. The molecule has 0 spiro atoms. The molecule has 0 bridgehead atoms. The van der Waals surface area contributed by atoms with Gasteiger partial charge in [0.25, 0.3) is 0 Å². The van der Waals surface area contributed by atoms with Crippen LogP contribution in [0.2, 0.25) is 0 Å². The highest BCUT2D eigenvalue weighted by Crippen LogP contribution is 2.27. The Labute approximate surface area is 171 Å². The minimum absolute atomic E-state index is 0.254. The minimum Gasteiger partial charge on any atom is -0.497 e. The number of ether oxygens (including phenoxy) is 2. The molecule has 3 aromatic rings. The molecule has 0 radical (unpaired) electrons. The lowest BCUT2D eigenvalue weighted by Gasteiger charge is -2.08. The van der Waals surface area contributed by atoms with Gasteiger partial charge < -0.3 is 14.0 Å². The first-order valence-corrected chi connectivity index (χ1v) is 9.73. The van der Waals surface area contributed by atoms with Gasteiger partial charge in [0.2, 0.25) is 11.7 Å². The Hall–Kier alpha value is -3.38. The van der Waals surface area contributed by atoms with Crippen molar-refractivity contribution in [3.05, 3.63) is 53.0 Å². The smallest absolute Gasteiger partial charge is 0.340 e. The molecule has 2 aromatic heterocycles. The van der Waals surface area contributed by atoms with Crippen LogP contribution in [-0.4, -0.2) is 34.8 Å². The average molecular weight is 410 g/mol. The molecule has 148 valence electrons. The third-order valence-electron chi connectivity index (χ3n) is 3.94. The zero-order chi connectivity index (χ0) is 20.8. The molecule has 0 saturated carbocycles. The van der Waals surface area contributed by atoms with Crippen LogP contribution in [0, 0.1) is 18.3 Å². The van der Waals surface area contributed by atoms with Crippen molar-refractivity contribution in [1.82, 2.24) is 15.1 Å². The molecule has 29 heavy (non-hydrogen) atoms. The first-order chi connectivity index (χ1) is 14.0. The van der Waals surface area contributed by atoms with E-state index < -0.39 is 5.97 Å². The van der Waals surface area contributed by atoms with E-state index >= 15 is 0 Å². The highest BCUT2D eigenvalue weighted by atomic mass is 32.2. The summed E-state index contributed by atoms with van der Waals surface area (Å²) in [6.45, 7) is 3.68. The summed E-state index contributed by atoms with van der Waals surface area (Å²) in [5.74, 6) is 1.45. The number of esters is 1. The standard InChI is InChI=1S/C20H18N4O4S/c1-4-27-20(25)16-9-14(10-21)19(22-12(16)2)29-11-17-23-18(24-28-17)13-5-7-15(26-3)8-6-13/h5-9H,4,11H2,1-3H3. The number of aromatic nitrogens is 3. The van der Waals surface area contributed by atoms with Crippen LogP contribution in [0.4, 0.5) is 0 Å². The summed E-state index contributed by atoms with van der Waals surface area (Å²) in [5, 5.41) is 13.9. The topological polar surface area (TPSA) is 111 Å². The molecule has 0 amide bonds. The van der Waals surface area contributed by atoms with Crippen molar-refractivity contribution < 1.29 is 18.8 Å². The number of aryl methyl sites for hydroxylation is 1. The van der Waals surface area contributed by atoms with Gasteiger partial charge in [-0.1, -0.05) is 16.9 Å². The van der Waals surface area contributed by atoms with Gasteiger partial charge in [-0.05, 0) is 44.2 Å². The largest absolute Gasteiger partial charge is 0.497 e. The molecule has 9 heteroatoms. The quantitative estimate of drug-likeness (QED) is 0.424. The van der Waals surface area contributed by atoms with Crippen LogP contribution < -0.4 is 4.74 Å². The first kappa shape index (κ1) is 20.4. The monoisotopic (exact) mass is 410 g/mol. The van der Waals surface area contributed by atoms with E-state index in [0.717, 1.165) is 11.3 Å². The number of nitriles is 1. The third kappa shape index (κ3) is 4.73. The molecule has 0 fully saturated rings. The lowest BCUT2D eigenvalue weighted by molar-refractivity contribution is 0.0524. The van der Waals surface area contributed by atoms with Gasteiger partial charge in [-0.15, -0.1) is 0 Å². The van der Waals surface area contributed by atoms with E-state index in [9.17, 15) is 10.1 Å². The second-order valence-corrected chi connectivity index (χ2v) is 6.80. The molecule has 8 nitrogen and oxygen atoms in total. The highest BCUT2D eigenvalue weighted by molar-refractivity contribution is 7.98. The Kier molecular flexibility index (Phi) is 6.46. The van der Waals surface area contributed by atoms with Gasteiger partial charge in [-0.25, -0.2) is 9.78 Å². The van der Waals surface area contributed by atoms with Crippen molar-refractivity contribution in [2.24, 2.45) is 0 Å². The van der Waals surface area contributed by atoms with Gasteiger partial charge in [-0.2, -0.15) is 10.2 Å². The van der Waals surface area contributed by atoms with Crippen molar-refractivity contribution in [1.29, 1.82) is 5.26 Å². The highest BCUT2D eigenvalue weighted by Gasteiger charge is 2.17. The van der Waals surface area contributed by atoms with Crippen molar-refractivity contribution >= 4 is 17.7 Å². The number of carbonyl (C=O) groups excluding carboxylic acids is 1. The van der Waals surface area contributed by atoms with E-state index in [-0.39, 0.29) is 12.2 Å². The van der Waals surface area contributed by atoms with E-state index in [1.807, 2.05) is 24.3 Å². The Morgan fingerprint density at radius 2 is 2.03 bits per heavy atom. The van der Waals surface area contributed by atoms with Crippen molar-refractivity contribution in [3.8, 4) is 23.2 Å². The minimum atomic E-state index is -0.494. The molecular weight excluding hydrogens is 392 g/mol. The van der Waals surface area contributed by atoms with Gasteiger partial charge in [0.05, 0.1) is 36.3 Å². The Morgan fingerprint density at radius 1 is 1.28 bits per heavy atom. The second kappa shape index (κ2) is 9.21. The number of benzene rings is 1. The first-order valence-electron chi connectivity index (χ1n) is 8.74. The fourth-order valence-electron chi connectivity index (χ4n) is 2.49. The molecule has 0 N–H and O–H groups in total. The van der Waals surface area contributed by atoms with Crippen LogP contribution >= 0.6 is 11.8 Å². The predicted octanol–water partition coefficient (Wildman–Crippen LogP) is 3.79. The number of rotatable bonds is 7. The molecule has 0 aliphatic carbocycles. The van der Waals surface area contributed by atoms with Crippen LogP contribution in [0.3, 0.4) is 0 Å². The maximum Gasteiger partial charge on any atom is 0.340 e. The molecule has 0 atom stereocenters. The number of carbonyl (C=O) groups is 1. The zero-order valence-electron chi connectivity index (χ0n) is 16.1. The summed E-state index contributed by atoms with van der Waals surface area (Å²) in [5.41, 5.74) is 1.87. The summed E-state index contributed by atoms with van der Waals surface area (Å²) in [4.78, 5) is 20.7. The Bertz CT molecular complexity index is 1060. The number of methoxy groups -OCH3 is 1. The summed E-state index contributed by atoms with van der Waals surface area (Å²) < 4.78 is 15.4. The molecule has 3 rings (SSSR count). The summed E-state index contributed by atoms with van der Waals surface area (Å²) >= 11 is 1.29. The van der Waals surface area contributed by atoms with Gasteiger partial charge in [0.1, 0.15) is 16.8 Å². The molecular formula is C20H18N4O4S. The summed E-state index contributed by atoms with van der Waals surface area (Å²) in [6, 6.07) is 10.9. The van der Waals surface area contributed by atoms with Gasteiger partial charge >= 0.3 is 5.97 Å². The predicted molar refractivity (Wildman–Crippen MR) is 105 cm³/mol. The van der Waals surface area contributed by atoms with E-state index in [4.69, 9.17) is 14.0 Å². The number of hydrogen-bond acceptors (Lipinski definition) is 9. The maximum absolute atomic E-state index is 12.0. The lowest BCUT2D eigenvalue weighted by atomic mass is 10.1. The molecule has 1 aromatic carbocycles. The van der Waals surface area contributed by atoms with E-state index in [1.54, 1.807) is 21.0 Å². The Morgan fingerprint density at radius 3 is 2.69 bits per heavy atom. The summed E-state index contributed by atoms with van der Waals surface area (Å²) in [7, 11) is 1.60. The molecule has 0 saturated heterocycles. The van der Waals surface area contributed by atoms with Crippen LogP contribution in [-0.2, 0) is 10.5 Å².